The lowest BCUT2D eigenvalue weighted by molar-refractivity contribution is 0.0980. The standard InChI is InChI=1S/C30H26N2O2/c33-29-23-13-7-15-25(31-19-17-21-9-3-1-4-10-21)27(23)30(34)28-24(29)14-8-16-26(28)32-20-18-22-11-5-2-6-12-22/h1-16,31-32H,17-20H2. The fourth-order valence-electron chi connectivity index (χ4n) is 4.51. The first-order chi connectivity index (χ1) is 16.7. The van der Waals surface area contributed by atoms with Crippen LogP contribution in [0.5, 0.6) is 0 Å². The van der Waals surface area contributed by atoms with Crippen molar-refractivity contribution in [3.8, 4) is 0 Å². The van der Waals surface area contributed by atoms with E-state index in [1.807, 2.05) is 60.7 Å². The van der Waals surface area contributed by atoms with Crippen LogP contribution in [0.2, 0.25) is 0 Å². The number of hydrogen-bond donors (Lipinski definition) is 2. The smallest absolute Gasteiger partial charge is 0.198 e. The fourth-order valence-corrected chi connectivity index (χ4v) is 4.51. The Morgan fingerprint density at radius 2 is 0.912 bits per heavy atom. The molecule has 4 aromatic carbocycles. The zero-order valence-corrected chi connectivity index (χ0v) is 18.9. The number of hydrogen-bond acceptors (Lipinski definition) is 4. The van der Waals surface area contributed by atoms with Crippen LogP contribution in [-0.4, -0.2) is 24.7 Å². The highest BCUT2D eigenvalue weighted by Crippen LogP contribution is 2.35. The second-order valence-corrected chi connectivity index (χ2v) is 8.44. The number of fused-ring (bicyclic) bond motifs is 2. The Balaban J connectivity index is 1.39. The predicted octanol–water partition coefficient (Wildman–Crippen LogP) is 5.77. The lowest BCUT2D eigenvalue weighted by atomic mass is 9.82. The Morgan fingerprint density at radius 3 is 1.35 bits per heavy atom. The summed E-state index contributed by atoms with van der Waals surface area (Å²) in [5, 5.41) is 6.79. The second kappa shape index (κ2) is 9.75. The Kier molecular flexibility index (Phi) is 6.21. The Bertz CT molecular complexity index is 1230. The summed E-state index contributed by atoms with van der Waals surface area (Å²) < 4.78 is 0. The summed E-state index contributed by atoms with van der Waals surface area (Å²) in [5.74, 6) is -0.224. The first-order valence-electron chi connectivity index (χ1n) is 11.6. The van der Waals surface area contributed by atoms with Crippen molar-refractivity contribution in [1.82, 2.24) is 0 Å². The highest BCUT2D eigenvalue weighted by molar-refractivity contribution is 6.31. The van der Waals surface area contributed by atoms with E-state index in [1.54, 1.807) is 12.1 Å². The van der Waals surface area contributed by atoms with E-state index in [2.05, 4.69) is 34.9 Å². The van der Waals surface area contributed by atoms with Crippen LogP contribution in [0.15, 0.2) is 97.1 Å². The Morgan fingerprint density at radius 1 is 0.471 bits per heavy atom. The summed E-state index contributed by atoms with van der Waals surface area (Å²) in [5.41, 5.74) is 5.70. The number of carbonyl (C=O) groups excluding carboxylic acids is 2. The molecular weight excluding hydrogens is 420 g/mol. The molecule has 0 amide bonds. The molecule has 0 fully saturated rings. The third kappa shape index (κ3) is 4.35. The zero-order chi connectivity index (χ0) is 23.3. The monoisotopic (exact) mass is 446 g/mol. The highest BCUT2D eigenvalue weighted by Gasteiger charge is 2.33. The van der Waals surface area contributed by atoms with Crippen molar-refractivity contribution in [2.75, 3.05) is 23.7 Å². The molecule has 1 aliphatic carbocycles. The molecule has 4 nitrogen and oxygen atoms in total. The number of benzene rings is 4. The van der Waals surface area contributed by atoms with Crippen LogP contribution in [0.1, 0.15) is 43.0 Å². The van der Waals surface area contributed by atoms with Gasteiger partial charge in [0.25, 0.3) is 0 Å². The number of rotatable bonds is 8. The van der Waals surface area contributed by atoms with Crippen LogP contribution in [0.4, 0.5) is 11.4 Å². The maximum Gasteiger partial charge on any atom is 0.198 e. The van der Waals surface area contributed by atoms with Crippen LogP contribution in [0.25, 0.3) is 0 Å². The normalized spacial score (nSPS) is 12.1. The van der Waals surface area contributed by atoms with Gasteiger partial charge in [-0.25, -0.2) is 0 Å². The number of nitrogens with one attached hydrogen (secondary N) is 2. The van der Waals surface area contributed by atoms with Crippen LogP contribution >= 0.6 is 0 Å². The van der Waals surface area contributed by atoms with E-state index in [9.17, 15) is 9.59 Å². The SMILES string of the molecule is O=C1c2cccc(NCCc3ccccc3)c2C(=O)c2c(NCCc3ccccc3)cccc21. The van der Waals surface area contributed by atoms with Gasteiger partial charge in [-0.1, -0.05) is 84.9 Å². The molecule has 0 unspecified atom stereocenters. The number of anilines is 2. The van der Waals surface area contributed by atoms with E-state index >= 15 is 0 Å². The third-order valence-corrected chi connectivity index (χ3v) is 6.22. The van der Waals surface area contributed by atoms with Gasteiger partial charge in [0.1, 0.15) is 0 Å². The molecule has 168 valence electrons. The molecule has 0 aromatic heterocycles. The van der Waals surface area contributed by atoms with Crippen molar-refractivity contribution in [2.24, 2.45) is 0 Å². The highest BCUT2D eigenvalue weighted by atomic mass is 16.1. The van der Waals surface area contributed by atoms with Crippen molar-refractivity contribution in [3.05, 3.63) is 130 Å². The van der Waals surface area contributed by atoms with Gasteiger partial charge in [0, 0.05) is 35.6 Å². The van der Waals surface area contributed by atoms with E-state index in [1.165, 1.54) is 11.1 Å². The minimum absolute atomic E-state index is 0.108. The molecule has 0 saturated carbocycles. The molecule has 0 bridgehead atoms. The van der Waals surface area contributed by atoms with Gasteiger partial charge in [0.15, 0.2) is 11.6 Å². The van der Waals surface area contributed by atoms with E-state index in [0.29, 0.717) is 46.7 Å². The maximum atomic E-state index is 13.7. The molecule has 4 aromatic rings. The van der Waals surface area contributed by atoms with Crippen LogP contribution in [0.3, 0.4) is 0 Å². The average Bonchev–Trinajstić information content (AvgIpc) is 2.88. The Hall–Kier alpha value is -4.18. The molecule has 2 N–H and O–H groups in total. The molecule has 0 saturated heterocycles. The maximum absolute atomic E-state index is 13.7. The molecule has 4 heteroatoms. The molecular formula is C30H26N2O2. The first kappa shape index (κ1) is 21.7. The van der Waals surface area contributed by atoms with Crippen molar-refractivity contribution in [2.45, 2.75) is 12.8 Å². The summed E-state index contributed by atoms with van der Waals surface area (Å²) in [6.45, 7) is 1.34. The van der Waals surface area contributed by atoms with Gasteiger partial charge < -0.3 is 10.6 Å². The summed E-state index contributed by atoms with van der Waals surface area (Å²) in [7, 11) is 0. The summed E-state index contributed by atoms with van der Waals surface area (Å²) >= 11 is 0. The lowest BCUT2D eigenvalue weighted by Gasteiger charge is -2.23. The van der Waals surface area contributed by atoms with E-state index in [4.69, 9.17) is 0 Å². The summed E-state index contributed by atoms with van der Waals surface area (Å²) in [6, 6.07) is 31.3. The molecule has 0 aliphatic heterocycles. The van der Waals surface area contributed by atoms with Crippen LogP contribution in [-0.2, 0) is 12.8 Å². The molecule has 5 rings (SSSR count). The molecule has 0 radical (unpaired) electrons. The number of carbonyl (C=O) groups is 2. The quantitative estimate of drug-likeness (QED) is 0.318. The Labute approximate surface area is 199 Å². The van der Waals surface area contributed by atoms with Crippen molar-refractivity contribution in [1.29, 1.82) is 0 Å². The van der Waals surface area contributed by atoms with Gasteiger partial charge in [-0.3, -0.25) is 9.59 Å². The van der Waals surface area contributed by atoms with Crippen molar-refractivity contribution >= 4 is 22.9 Å². The van der Waals surface area contributed by atoms with Gasteiger partial charge in [-0.15, -0.1) is 0 Å². The predicted molar refractivity (Wildman–Crippen MR) is 137 cm³/mol. The second-order valence-electron chi connectivity index (χ2n) is 8.44. The minimum Gasteiger partial charge on any atom is -0.384 e. The van der Waals surface area contributed by atoms with Gasteiger partial charge in [-0.2, -0.15) is 0 Å². The van der Waals surface area contributed by atoms with Crippen molar-refractivity contribution < 1.29 is 9.59 Å². The average molecular weight is 447 g/mol. The molecule has 1 aliphatic rings. The van der Waals surface area contributed by atoms with Gasteiger partial charge in [0.05, 0.1) is 11.1 Å². The molecule has 0 spiro atoms. The van der Waals surface area contributed by atoms with E-state index in [0.717, 1.165) is 12.8 Å². The number of ketones is 2. The lowest BCUT2D eigenvalue weighted by Crippen LogP contribution is -2.24. The fraction of sp³-hybridized carbons (Fsp3) is 0.133. The van der Waals surface area contributed by atoms with Gasteiger partial charge in [-0.05, 0) is 36.1 Å². The van der Waals surface area contributed by atoms with Crippen LogP contribution in [0, 0.1) is 0 Å². The topological polar surface area (TPSA) is 58.2 Å². The minimum atomic E-state index is -0.116. The van der Waals surface area contributed by atoms with Gasteiger partial charge in [0.2, 0.25) is 0 Å². The molecule has 0 atom stereocenters. The first-order valence-corrected chi connectivity index (χ1v) is 11.6. The van der Waals surface area contributed by atoms with Crippen molar-refractivity contribution in [3.63, 3.8) is 0 Å². The van der Waals surface area contributed by atoms with E-state index < -0.39 is 0 Å². The molecule has 0 heterocycles. The van der Waals surface area contributed by atoms with E-state index in [-0.39, 0.29) is 11.6 Å². The largest absolute Gasteiger partial charge is 0.384 e. The summed E-state index contributed by atoms with van der Waals surface area (Å²) in [6.07, 6.45) is 1.66. The third-order valence-electron chi connectivity index (χ3n) is 6.22. The molecule has 34 heavy (non-hydrogen) atoms. The zero-order valence-electron chi connectivity index (χ0n) is 18.9. The summed E-state index contributed by atoms with van der Waals surface area (Å²) in [4.78, 5) is 27.1. The van der Waals surface area contributed by atoms with Crippen LogP contribution < -0.4 is 10.6 Å². The van der Waals surface area contributed by atoms with Gasteiger partial charge >= 0.3 is 0 Å².